The Balaban J connectivity index is 1.56. The maximum Gasteiger partial charge on any atom is 0.238 e. The van der Waals surface area contributed by atoms with Crippen molar-refractivity contribution in [2.75, 3.05) is 10.6 Å². The Bertz CT molecular complexity index is 818. The summed E-state index contributed by atoms with van der Waals surface area (Å²) < 4.78 is 5.64. The zero-order chi connectivity index (χ0) is 16.9. The molecule has 2 aromatic heterocycles. The summed E-state index contributed by atoms with van der Waals surface area (Å²) in [5.41, 5.74) is 0.942. The summed E-state index contributed by atoms with van der Waals surface area (Å²) in [4.78, 5) is 12.2. The Labute approximate surface area is 146 Å². The van der Waals surface area contributed by atoms with Crippen LogP contribution in [0.2, 0.25) is 0 Å². The van der Waals surface area contributed by atoms with Crippen molar-refractivity contribution in [2.45, 2.75) is 23.4 Å². The van der Waals surface area contributed by atoms with Crippen LogP contribution in [-0.4, -0.2) is 26.5 Å². The first-order valence-electron chi connectivity index (χ1n) is 7.16. The van der Waals surface area contributed by atoms with Gasteiger partial charge in [-0.25, -0.2) is 0 Å². The van der Waals surface area contributed by atoms with Gasteiger partial charge >= 0.3 is 0 Å². The molecule has 0 aliphatic carbocycles. The van der Waals surface area contributed by atoms with Crippen LogP contribution in [0.5, 0.6) is 0 Å². The standard InChI is InChI=1S/C15H15N5O2S2/c1-9-8-12(20-22-9)17-13(21)10(2)23-15-19-18-14(24-15)16-11-6-4-3-5-7-11/h3-8,10H,1-2H3,(H,16,18)(H,17,20,21)/t10-/m0/s1. The molecule has 0 saturated heterocycles. The van der Waals surface area contributed by atoms with Crippen LogP contribution >= 0.6 is 23.1 Å². The van der Waals surface area contributed by atoms with E-state index < -0.39 is 0 Å². The molecule has 0 unspecified atom stereocenters. The van der Waals surface area contributed by atoms with Gasteiger partial charge in [0.05, 0.1) is 5.25 Å². The SMILES string of the molecule is Cc1cc(NC(=O)[C@H](C)Sc2nnc(Nc3ccccc3)s2)no1. The normalized spacial score (nSPS) is 11.9. The van der Waals surface area contributed by atoms with Crippen molar-refractivity contribution in [1.82, 2.24) is 15.4 Å². The molecule has 0 bridgehead atoms. The first-order valence-corrected chi connectivity index (χ1v) is 8.86. The van der Waals surface area contributed by atoms with E-state index in [0.717, 1.165) is 5.69 Å². The molecule has 1 atom stereocenters. The molecule has 0 aliphatic heterocycles. The number of aromatic nitrogens is 3. The van der Waals surface area contributed by atoms with E-state index >= 15 is 0 Å². The lowest BCUT2D eigenvalue weighted by atomic mass is 10.3. The van der Waals surface area contributed by atoms with Gasteiger partial charge in [0.15, 0.2) is 10.2 Å². The van der Waals surface area contributed by atoms with Crippen molar-refractivity contribution in [1.29, 1.82) is 0 Å². The molecule has 1 amide bonds. The van der Waals surface area contributed by atoms with Gasteiger partial charge in [0, 0.05) is 11.8 Å². The minimum atomic E-state index is -0.334. The summed E-state index contributed by atoms with van der Waals surface area (Å²) in [6.45, 7) is 3.57. The van der Waals surface area contributed by atoms with E-state index in [4.69, 9.17) is 4.52 Å². The van der Waals surface area contributed by atoms with Gasteiger partial charge in [-0.3, -0.25) is 4.79 Å². The minimum absolute atomic E-state index is 0.166. The number of nitrogens with one attached hydrogen (secondary N) is 2. The molecule has 3 rings (SSSR count). The van der Waals surface area contributed by atoms with Gasteiger partial charge in [-0.1, -0.05) is 46.5 Å². The number of thioether (sulfide) groups is 1. The molecule has 0 aliphatic rings. The number of carbonyl (C=O) groups excluding carboxylic acids is 1. The molecule has 0 fully saturated rings. The third-order valence-electron chi connectivity index (χ3n) is 2.96. The number of hydrogen-bond acceptors (Lipinski definition) is 8. The molecule has 7 nitrogen and oxygen atoms in total. The fraction of sp³-hybridized carbons (Fsp3) is 0.200. The Morgan fingerprint density at radius 2 is 2.08 bits per heavy atom. The summed E-state index contributed by atoms with van der Waals surface area (Å²) in [6, 6.07) is 11.4. The average molecular weight is 361 g/mol. The van der Waals surface area contributed by atoms with Gasteiger partial charge in [0.2, 0.25) is 11.0 Å². The first kappa shape index (κ1) is 16.5. The number of carbonyl (C=O) groups is 1. The molecule has 124 valence electrons. The molecule has 2 heterocycles. The molecule has 0 radical (unpaired) electrons. The fourth-order valence-corrected chi connectivity index (χ4v) is 3.73. The molecule has 3 aromatic rings. The van der Waals surface area contributed by atoms with Crippen molar-refractivity contribution in [3.63, 3.8) is 0 Å². The second kappa shape index (κ2) is 7.45. The maximum absolute atomic E-state index is 12.2. The summed E-state index contributed by atoms with van der Waals surface area (Å²) in [6.07, 6.45) is 0. The molecule has 1 aromatic carbocycles. The topological polar surface area (TPSA) is 92.9 Å². The number of aryl methyl sites for hydroxylation is 1. The molecule has 9 heteroatoms. The highest BCUT2D eigenvalue weighted by molar-refractivity contribution is 8.02. The summed E-state index contributed by atoms with van der Waals surface area (Å²) in [5.74, 6) is 0.890. The Morgan fingerprint density at radius 1 is 1.29 bits per heavy atom. The lowest BCUT2D eigenvalue weighted by molar-refractivity contribution is -0.115. The number of hydrogen-bond donors (Lipinski definition) is 2. The Kier molecular flexibility index (Phi) is 5.11. The third kappa shape index (κ3) is 4.33. The summed E-state index contributed by atoms with van der Waals surface area (Å²) >= 11 is 2.74. The van der Waals surface area contributed by atoms with E-state index in [1.807, 2.05) is 30.3 Å². The van der Waals surface area contributed by atoms with Gasteiger partial charge < -0.3 is 15.2 Å². The van der Waals surface area contributed by atoms with Gasteiger partial charge in [-0.2, -0.15) is 0 Å². The molecule has 0 saturated carbocycles. The number of rotatable bonds is 6. The number of amides is 1. The minimum Gasteiger partial charge on any atom is -0.360 e. The lowest BCUT2D eigenvalue weighted by Crippen LogP contribution is -2.22. The Morgan fingerprint density at radius 3 is 2.79 bits per heavy atom. The van der Waals surface area contributed by atoms with Gasteiger partial charge in [-0.15, -0.1) is 10.2 Å². The van der Waals surface area contributed by atoms with Crippen molar-refractivity contribution in [3.05, 3.63) is 42.2 Å². The van der Waals surface area contributed by atoms with E-state index in [1.54, 1.807) is 19.9 Å². The van der Waals surface area contributed by atoms with Crippen molar-refractivity contribution in [3.8, 4) is 0 Å². The highest BCUT2D eigenvalue weighted by Crippen LogP contribution is 2.30. The second-order valence-electron chi connectivity index (χ2n) is 4.94. The second-order valence-corrected chi connectivity index (χ2v) is 7.50. The van der Waals surface area contributed by atoms with Crippen LogP contribution in [0.15, 0.2) is 45.3 Å². The highest BCUT2D eigenvalue weighted by Gasteiger charge is 2.18. The summed E-state index contributed by atoms with van der Waals surface area (Å²) in [5, 5.41) is 18.2. The van der Waals surface area contributed by atoms with Crippen LogP contribution in [-0.2, 0) is 4.79 Å². The maximum atomic E-state index is 12.2. The number of para-hydroxylation sites is 1. The molecule has 2 N–H and O–H groups in total. The average Bonchev–Trinajstić information content (AvgIpc) is 3.17. The van der Waals surface area contributed by atoms with Crippen LogP contribution in [0.3, 0.4) is 0 Å². The highest BCUT2D eigenvalue weighted by atomic mass is 32.2. The van der Waals surface area contributed by atoms with Crippen molar-refractivity contribution >= 4 is 45.6 Å². The predicted molar refractivity (Wildman–Crippen MR) is 94.8 cm³/mol. The number of anilines is 3. The number of nitrogens with zero attached hydrogens (tertiary/aromatic N) is 3. The Hall–Kier alpha value is -2.39. The predicted octanol–water partition coefficient (Wildman–Crippen LogP) is 3.70. The van der Waals surface area contributed by atoms with Crippen molar-refractivity contribution in [2.24, 2.45) is 0 Å². The van der Waals surface area contributed by atoms with E-state index in [9.17, 15) is 4.79 Å². The molecular formula is C15H15N5O2S2. The number of benzene rings is 1. The van der Waals surface area contributed by atoms with Crippen LogP contribution in [0.1, 0.15) is 12.7 Å². The van der Waals surface area contributed by atoms with E-state index in [2.05, 4.69) is 26.0 Å². The quantitative estimate of drug-likeness (QED) is 0.647. The van der Waals surface area contributed by atoms with Gasteiger partial charge in [-0.05, 0) is 26.0 Å². The first-order chi connectivity index (χ1) is 11.6. The van der Waals surface area contributed by atoms with E-state index in [-0.39, 0.29) is 11.2 Å². The third-order valence-corrected chi connectivity index (χ3v) is 4.98. The zero-order valence-corrected chi connectivity index (χ0v) is 14.6. The van der Waals surface area contributed by atoms with Crippen LogP contribution in [0.4, 0.5) is 16.6 Å². The van der Waals surface area contributed by atoms with Gasteiger partial charge in [0.1, 0.15) is 5.76 Å². The van der Waals surface area contributed by atoms with Gasteiger partial charge in [0.25, 0.3) is 0 Å². The zero-order valence-electron chi connectivity index (χ0n) is 13.0. The van der Waals surface area contributed by atoms with Crippen molar-refractivity contribution < 1.29 is 9.32 Å². The summed E-state index contributed by atoms with van der Waals surface area (Å²) in [7, 11) is 0. The lowest BCUT2D eigenvalue weighted by Gasteiger charge is -2.07. The molecule has 0 spiro atoms. The largest absolute Gasteiger partial charge is 0.360 e. The fourth-order valence-electron chi connectivity index (χ4n) is 1.81. The molecule has 24 heavy (non-hydrogen) atoms. The monoisotopic (exact) mass is 361 g/mol. The van der Waals surface area contributed by atoms with Crippen LogP contribution < -0.4 is 10.6 Å². The van der Waals surface area contributed by atoms with E-state index in [0.29, 0.717) is 21.0 Å². The van der Waals surface area contributed by atoms with Crippen LogP contribution in [0, 0.1) is 6.92 Å². The van der Waals surface area contributed by atoms with E-state index in [1.165, 1.54) is 23.1 Å². The van der Waals surface area contributed by atoms with Crippen LogP contribution in [0.25, 0.3) is 0 Å². The molecular weight excluding hydrogens is 346 g/mol. The smallest absolute Gasteiger partial charge is 0.238 e.